The van der Waals surface area contributed by atoms with Gasteiger partial charge in [0, 0.05) is 35.1 Å². The van der Waals surface area contributed by atoms with E-state index < -0.39 is 0 Å². The van der Waals surface area contributed by atoms with Crippen LogP contribution < -0.4 is 5.73 Å². The van der Waals surface area contributed by atoms with Gasteiger partial charge in [-0.3, -0.25) is 4.98 Å². The van der Waals surface area contributed by atoms with Crippen molar-refractivity contribution in [2.24, 2.45) is 5.73 Å². The summed E-state index contributed by atoms with van der Waals surface area (Å²) >= 11 is 6.08. The zero-order chi connectivity index (χ0) is 15.5. The molecular formula is C15H13ClFN5. The summed E-state index contributed by atoms with van der Waals surface area (Å²) in [4.78, 5) is 4.09. The Kier molecular flexibility index (Phi) is 4.13. The Hall–Kier alpha value is -2.31. The first-order chi connectivity index (χ1) is 10.7. The van der Waals surface area contributed by atoms with Gasteiger partial charge in [0.1, 0.15) is 11.5 Å². The van der Waals surface area contributed by atoms with Crippen LogP contribution in [0.15, 0.2) is 42.7 Å². The third-order valence-electron chi connectivity index (χ3n) is 3.30. The van der Waals surface area contributed by atoms with E-state index in [4.69, 9.17) is 17.3 Å². The zero-order valence-electron chi connectivity index (χ0n) is 11.6. The molecular weight excluding hydrogens is 305 g/mol. The fourth-order valence-electron chi connectivity index (χ4n) is 2.25. The monoisotopic (exact) mass is 317 g/mol. The first-order valence-corrected chi connectivity index (χ1v) is 7.04. The number of hydrogen-bond acceptors (Lipinski definition) is 4. The van der Waals surface area contributed by atoms with Crippen molar-refractivity contribution in [3.05, 3.63) is 64.8 Å². The molecule has 0 fully saturated rings. The lowest BCUT2D eigenvalue weighted by Crippen LogP contribution is -2.07. The van der Waals surface area contributed by atoms with Crippen LogP contribution in [0.5, 0.6) is 0 Å². The Bertz CT molecular complexity index is 768. The fraction of sp³-hybridized carbons (Fsp3) is 0.133. The van der Waals surface area contributed by atoms with Crippen LogP contribution in [0.4, 0.5) is 4.39 Å². The van der Waals surface area contributed by atoms with Gasteiger partial charge in [-0.25, -0.2) is 9.07 Å². The minimum Gasteiger partial charge on any atom is -0.325 e. The predicted molar refractivity (Wildman–Crippen MR) is 81.7 cm³/mol. The van der Waals surface area contributed by atoms with E-state index in [-0.39, 0.29) is 18.9 Å². The second-order valence-corrected chi connectivity index (χ2v) is 5.10. The van der Waals surface area contributed by atoms with Crippen molar-refractivity contribution in [2.75, 3.05) is 0 Å². The van der Waals surface area contributed by atoms with E-state index in [9.17, 15) is 4.39 Å². The molecule has 3 aromatic rings. The second-order valence-electron chi connectivity index (χ2n) is 4.69. The minimum atomic E-state index is -0.380. The summed E-state index contributed by atoms with van der Waals surface area (Å²) in [5.41, 5.74) is 8.24. The summed E-state index contributed by atoms with van der Waals surface area (Å²) in [7, 11) is 0. The van der Waals surface area contributed by atoms with Gasteiger partial charge in [-0.05, 0) is 24.3 Å². The number of aromatic nitrogens is 4. The van der Waals surface area contributed by atoms with Crippen LogP contribution in [-0.4, -0.2) is 20.0 Å². The van der Waals surface area contributed by atoms with Crippen molar-refractivity contribution in [2.45, 2.75) is 13.1 Å². The molecule has 0 amide bonds. The molecule has 5 nitrogen and oxygen atoms in total. The lowest BCUT2D eigenvalue weighted by atomic mass is 10.1. The SMILES string of the molecule is NCc1nnn(Cc2c(F)cccc2Cl)c1-c1cccnc1. The molecule has 0 saturated heterocycles. The topological polar surface area (TPSA) is 69.6 Å². The molecule has 0 atom stereocenters. The zero-order valence-corrected chi connectivity index (χ0v) is 12.3. The maximum Gasteiger partial charge on any atom is 0.129 e. The van der Waals surface area contributed by atoms with Crippen LogP contribution in [0.2, 0.25) is 5.02 Å². The summed E-state index contributed by atoms with van der Waals surface area (Å²) in [5, 5.41) is 8.48. The molecule has 0 aliphatic carbocycles. The highest BCUT2D eigenvalue weighted by Crippen LogP contribution is 2.25. The summed E-state index contributed by atoms with van der Waals surface area (Å²) < 4.78 is 15.6. The third-order valence-corrected chi connectivity index (χ3v) is 3.66. The number of pyridine rings is 1. The van der Waals surface area contributed by atoms with Gasteiger partial charge in [-0.1, -0.05) is 22.9 Å². The number of nitrogens with two attached hydrogens (primary N) is 1. The summed E-state index contributed by atoms with van der Waals surface area (Å²) in [6.07, 6.45) is 3.37. The first-order valence-electron chi connectivity index (χ1n) is 6.66. The molecule has 0 aliphatic rings. The quantitative estimate of drug-likeness (QED) is 0.803. The highest BCUT2D eigenvalue weighted by molar-refractivity contribution is 6.31. The van der Waals surface area contributed by atoms with Crippen LogP contribution in [0.25, 0.3) is 11.3 Å². The van der Waals surface area contributed by atoms with E-state index >= 15 is 0 Å². The van der Waals surface area contributed by atoms with E-state index in [0.29, 0.717) is 16.3 Å². The van der Waals surface area contributed by atoms with Crippen molar-refractivity contribution in [1.29, 1.82) is 0 Å². The molecule has 0 aliphatic heterocycles. The summed E-state index contributed by atoms with van der Waals surface area (Å²) in [6.45, 7) is 0.401. The van der Waals surface area contributed by atoms with Gasteiger partial charge in [-0.2, -0.15) is 0 Å². The Balaban J connectivity index is 2.07. The number of hydrogen-bond donors (Lipinski definition) is 1. The van der Waals surface area contributed by atoms with Crippen molar-refractivity contribution < 1.29 is 4.39 Å². The molecule has 2 N–H and O–H groups in total. The van der Waals surface area contributed by atoms with E-state index in [2.05, 4.69) is 15.3 Å². The molecule has 0 bridgehead atoms. The predicted octanol–water partition coefficient (Wildman–Crippen LogP) is 2.64. The van der Waals surface area contributed by atoms with Crippen LogP contribution in [-0.2, 0) is 13.1 Å². The molecule has 2 heterocycles. The average Bonchev–Trinajstić information content (AvgIpc) is 2.94. The van der Waals surface area contributed by atoms with Crippen LogP contribution >= 0.6 is 11.6 Å². The summed E-state index contributed by atoms with van der Waals surface area (Å²) in [6, 6.07) is 8.26. The van der Waals surface area contributed by atoms with Crippen LogP contribution in [0.1, 0.15) is 11.3 Å². The van der Waals surface area contributed by atoms with Gasteiger partial charge in [0.2, 0.25) is 0 Å². The normalized spacial score (nSPS) is 10.9. The molecule has 7 heteroatoms. The number of benzene rings is 1. The molecule has 0 radical (unpaired) electrons. The van der Waals surface area contributed by atoms with E-state index in [1.165, 1.54) is 6.07 Å². The Morgan fingerprint density at radius 2 is 2.09 bits per heavy atom. The van der Waals surface area contributed by atoms with Crippen molar-refractivity contribution in [3.8, 4) is 11.3 Å². The van der Waals surface area contributed by atoms with E-state index in [0.717, 1.165) is 11.3 Å². The van der Waals surface area contributed by atoms with Gasteiger partial charge in [0.15, 0.2) is 0 Å². The van der Waals surface area contributed by atoms with Crippen LogP contribution in [0, 0.1) is 5.82 Å². The molecule has 0 saturated carbocycles. The lowest BCUT2D eigenvalue weighted by molar-refractivity contribution is 0.579. The highest BCUT2D eigenvalue weighted by Gasteiger charge is 2.16. The van der Waals surface area contributed by atoms with Crippen molar-refractivity contribution >= 4 is 11.6 Å². The standard InChI is InChI=1S/C15H13ClFN5/c16-12-4-1-5-13(17)11(12)9-22-15(14(7-18)20-21-22)10-3-2-6-19-8-10/h1-6,8H,7,9,18H2. The molecule has 112 valence electrons. The lowest BCUT2D eigenvalue weighted by Gasteiger charge is -2.10. The maximum atomic E-state index is 14.0. The molecule has 0 spiro atoms. The highest BCUT2D eigenvalue weighted by atomic mass is 35.5. The van der Waals surface area contributed by atoms with Crippen molar-refractivity contribution in [1.82, 2.24) is 20.0 Å². The summed E-state index contributed by atoms with van der Waals surface area (Å²) in [5.74, 6) is -0.380. The minimum absolute atomic E-state index is 0.169. The molecule has 1 aromatic carbocycles. The van der Waals surface area contributed by atoms with E-state index in [1.54, 1.807) is 29.2 Å². The Labute approximate surface area is 131 Å². The van der Waals surface area contributed by atoms with Crippen LogP contribution in [0.3, 0.4) is 0 Å². The second kappa shape index (κ2) is 6.21. The number of halogens is 2. The largest absolute Gasteiger partial charge is 0.325 e. The third kappa shape index (κ3) is 2.70. The Morgan fingerprint density at radius 3 is 2.77 bits per heavy atom. The van der Waals surface area contributed by atoms with Crippen molar-refractivity contribution in [3.63, 3.8) is 0 Å². The molecule has 0 unspecified atom stereocenters. The average molecular weight is 318 g/mol. The molecule has 3 rings (SSSR count). The van der Waals surface area contributed by atoms with Gasteiger partial charge in [0.05, 0.1) is 12.2 Å². The molecule has 2 aromatic heterocycles. The van der Waals surface area contributed by atoms with Gasteiger partial charge >= 0.3 is 0 Å². The van der Waals surface area contributed by atoms with Gasteiger partial charge in [-0.15, -0.1) is 5.10 Å². The van der Waals surface area contributed by atoms with Gasteiger partial charge in [0.25, 0.3) is 0 Å². The fourth-order valence-corrected chi connectivity index (χ4v) is 2.47. The Morgan fingerprint density at radius 1 is 1.23 bits per heavy atom. The number of nitrogens with zero attached hydrogens (tertiary/aromatic N) is 4. The van der Waals surface area contributed by atoms with Gasteiger partial charge < -0.3 is 5.73 Å². The van der Waals surface area contributed by atoms with E-state index in [1.807, 2.05) is 12.1 Å². The maximum absolute atomic E-state index is 14.0. The smallest absolute Gasteiger partial charge is 0.129 e. The number of rotatable bonds is 4. The first kappa shape index (κ1) is 14.6. The molecule has 22 heavy (non-hydrogen) atoms.